The highest BCUT2D eigenvalue weighted by Crippen LogP contribution is 2.35. The number of hydrogen-bond acceptors (Lipinski definition) is 2. The zero-order chi connectivity index (χ0) is 12.4. The average molecular weight is 231 g/mol. The van der Waals surface area contributed by atoms with Gasteiger partial charge in [-0.3, -0.25) is 10.3 Å². The Morgan fingerprint density at radius 2 is 2.00 bits per heavy atom. The monoisotopic (exact) mass is 231 g/mol. The number of nitrogens with two attached hydrogens (primary N) is 1. The summed E-state index contributed by atoms with van der Waals surface area (Å²) in [6.45, 7) is 3.28. The van der Waals surface area contributed by atoms with E-state index in [2.05, 4.69) is 31.0 Å². The molecule has 0 radical (unpaired) electrons. The van der Waals surface area contributed by atoms with Gasteiger partial charge in [-0.15, -0.1) is 0 Å². The number of nitrogens with one attached hydrogen (secondary N) is 1. The Bertz CT molecular complexity index is 392. The van der Waals surface area contributed by atoms with Gasteiger partial charge in [0.15, 0.2) is 0 Å². The van der Waals surface area contributed by atoms with Gasteiger partial charge in [0.1, 0.15) is 5.84 Å². The summed E-state index contributed by atoms with van der Waals surface area (Å²) < 4.78 is 0. The Kier molecular flexibility index (Phi) is 3.48. The number of rotatable bonds is 5. The zero-order valence-electron chi connectivity index (χ0n) is 10.6. The fourth-order valence-corrected chi connectivity index (χ4v) is 2.16. The summed E-state index contributed by atoms with van der Waals surface area (Å²) in [6, 6.07) is 8.64. The third kappa shape index (κ3) is 3.07. The van der Waals surface area contributed by atoms with Crippen LogP contribution in [-0.2, 0) is 6.54 Å². The highest BCUT2D eigenvalue weighted by atomic mass is 15.1. The maximum atomic E-state index is 7.35. The SMILES string of the molecule is CC(C1CC1)N(C)Cc1ccc(C(=N)N)cc1. The second kappa shape index (κ2) is 4.88. The molecule has 17 heavy (non-hydrogen) atoms. The quantitative estimate of drug-likeness (QED) is 0.603. The van der Waals surface area contributed by atoms with Crippen molar-refractivity contribution in [3.05, 3.63) is 35.4 Å². The number of hydrogen-bond donors (Lipinski definition) is 2. The van der Waals surface area contributed by atoms with Gasteiger partial charge in [-0.1, -0.05) is 24.3 Å². The lowest BCUT2D eigenvalue weighted by molar-refractivity contribution is 0.226. The van der Waals surface area contributed by atoms with Crippen LogP contribution in [0.2, 0.25) is 0 Å². The molecule has 3 nitrogen and oxygen atoms in total. The van der Waals surface area contributed by atoms with Crippen LogP contribution in [0.4, 0.5) is 0 Å². The first-order valence-electron chi connectivity index (χ1n) is 6.21. The van der Waals surface area contributed by atoms with Crippen LogP contribution in [0.1, 0.15) is 30.9 Å². The second-order valence-electron chi connectivity index (χ2n) is 5.10. The molecule has 0 bridgehead atoms. The molecule has 1 aliphatic carbocycles. The Labute approximate surface area is 103 Å². The van der Waals surface area contributed by atoms with Crippen molar-refractivity contribution in [2.75, 3.05) is 7.05 Å². The molecule has 1 aromatic rings. The van der Waals surface area contributed by atoms with Crippen molar-refractivity contribution in [2.45, 2.75) is 32.4 Å². The standard InChI is InChI=1S/C14H21N3/c1-10(12-7-8-12)17(2)9-11-3-5-13(6-4-11)14(15)16/h3-6,10,12H,7-9H2,1-2H3,(H3,15,16). The molecule has 0 spiro atoms. The van der Waals surface area contributed by atoms with Crippen molar-refractivity contribution in [1.29, 1.82) is 5.41 Å². The molecule has 1 aromatic carbocycles. The van der Waals surface area contributed by atoms with E-state index in [9.17, 15) is 0 Å². The van der Waals surface area contributed by atoms with Crippen molar-refractivity contribution in [3.8, 4) is 0 Å². The predicted molar refractivity (Wildman–Crippen MR) is 71.1 cm³/mol. The smallest absolute Gasteiger partial charge is 0.122 e. The molecule has 2 rings (SSSR count). The van der Waals surface area contributed by atoms with E-state index in [-0.39, 0.29) is 5.84 Å². The molecule has 1 unspecified atom stereocenters. The van der Waals surface area contributed by atoms with Crippen LogP contribution in [0.3, 0.4) is 0 Å². The van der Waals surface area contributed by atoms with Crippen molar-refractivity contribution in [3.63, 3.8) is 0 Å². The summed E-state index contributed by atoms with van der Waals surface area (Å²) in [7, 11) is 2.18. The summed E-state index contributed by atoms with van der Waals surface area (Å²) in [4.78, 5) is 2.40. The Hall–Kier alpha value is -1.35. The minimum Gasteiger partial charge on any atom is -0.384 e. The second-order valence-corrected chi connectivity index (χ2v) is 5.10. The van der Waals surface area contributed by atoms with Gasteiger partial charge in [-0.25, -0.2) is 0 Å². The number of benzene rings is 1. The van der Waals surface area contributed by atoms with Crippen LogP contribution in [0, 0.1) is 11.3 Å². The lowest BCUT2D eigenvalue weighted by Crippen LogP contribution is -2.30. The van der Waals surface area contributed by atoms with Crippen LogP contribution in [0.5, 0.6) is 0 Å². The van der Waals surface area contributed by atoms with E-state index in [0.29, 0.717) is 6.04 Å². The molecule has 0 aromatic heterocycles. The average Bonchev–Trinajstić information content (AvgIpc) is 3.12. The van der Waals surface area contributed by atoms with Crippen molar-refractivity contribution < 1.29 is 0 Å². The van der Waals surface area contributed by atoms with E-state index in [0.717, 1.165) is 18.0 Å². The third-order valence-electron chi connectivity index (χ3n) is 3.70. The van der Waals surface area contributed by atoms with Crippen molar-refractivity contribution in [1.82, 2.24) is 4.90 Å². The molecular weight excluding hydrogens is 210 g/mol. The number of nitrogen functional groups attached to an aromatic ring is 1. The summed E-state index contributed by atoms with van der Waals surface area (Å²) in [5.74, 6) is 1.03. The predicted octanol–water partition coefficient (Wildman–Crippen LogP) is 2.20. The number of nitrogens with zero attached hydrogens (tertiary/aromatic N) is 1. The van der Waals surface area contributed by atoms with Gasteiger partial charge < -0.3 is 5.73 Å². The van der Waals surface area contributed by atoms with E-state index < -0.39 is 0 Å². The largest absolute Gasteiger partial charge is 0.384 e. The normalized spacial score (nSPS) is 17.1. The number of amidine groups is 1. The van der Waals surface area contributed by atoms with E-state index in [1.54, 1.807) is 0 Å². The Morgan fingerprint density at radius 3 is 2.47 bits per heavy atom. The lowest BCUT2D eigenvalue weighted by atomic mass is 10.1. The third-order valence-corrected chi connectivity index (χ3v) is 3.70. The molecular formula is C14H21N3. The van der Waals surface area contributed by atoms with Crippen molar-refractivity contribution in [2.24, 2.45) is 11.7 Å². The van der Waals surface area contributed by atoms with Crippen LogP contribution >= 0.6 is 0 Å². The zero-order valence-corrected chi connectivity index (χ0v) is 10.6. The fraction of sp³-hybridized carbons (Fsp3) is 0.500. The van der Waals surface area contributed by atoms with Gasteiger partial charge in [-0.05, 0) is 38.3 Å². The maximum Gasteiger partial charge on any atom is 0.122 e. The van der Waals surface area contributed by atoms with E-state index in [1.807, 2.05) is 12.1 Å². The van der Waals surface area contributed by atoms with E-state index in [4.69, 9.17) is 11.1 Å². The summed E-state index contributed by atoms with van der Waals surface area (Å²) in [5.41, 5.74) is 7.51. The molecule has 1 aliphatic rings. The van der Waals surface area contributed by atoms with E-state index in [1.165, 1.54) is 18.4 Å². The summed E-state index contributed by atoms with van der Waals surface area (Å²) in [6.07, 6.45) is 2.77. The fourth-order valence-electron chi connectivity index (χ4n) is 2.16. The van der Waals surface area contributed by atoms with Crippen LogP contribution in [0.15, 0.2) is 24.3 Å². The summed E-state index contributed by atoms with van der Waals surface area (Å²) in [5, 5.41) is 7.35. The molecule has 0 aliphatic heterocycles. The van der Waals surface area contributed by atoms with Crippen LogP contribution in [-0.4, -0.2) is 23.8 Å². The van der Waals surface area contributed by atoms with Crippen LogP contribution < -0.4 is 5.73 Å². The minimum absolute atomic E-state index is 0.135. The first-order chi connectivity index (χ1) is 8.08. The first-order valence-corrected chi connectivity index (χ1v) is 6.21. The highest BCUT2D eigenvalue weighted by molar-refractivity contribution is 5.94. The van der Waals surface area contributed by atoms with Gasteiger partial charge in [-0.2, -0.15) is 0 Å². The molecule has 3 heteroatoms. The Morgan fingerprint density at radius 1 is 1.41 bits per heavy atom. The molecule has 0 heterocycles. The first kappa shape index (κ1) is 12.1. The molecule has 3 N–H and O–H groups in total. The van der Waals surface area contributed by atoms with Crippen LogP contribution in [0.25, 0.3) is 0 Å². The Balaban J connectivity index is 1.95. The van der Waals surface area contributed by atoms with Gasteiger partial charge in [0.25, 0.3) is 0 Å². The topological polar surface area (TPSA) is 53.1 Å². The lowest BCUT2D eigenvalue weighted by Gasteiger charge is -2.24. The highest BCUT2D eigenvalue weighted by Gasteiger charge is 2.30. The molecule has 1 saturated carbocycles. The minimum atomic E-state index is 0.135. The van der Waals surface area contributed by atoms with Gasteiger partial charge in [0.2, 0.25) is 0 Å². The molecule has 92 valence electrons. The van der Waals surface area contributed by atoms with Gasteiger partial charge in [0.05, 0.1) is 0 Å². The molecule has 0 saturated heterocycles. The molecule has 0 amide bonds. The molecule has 1 fully saturated rings. The van der Waals surface area contributed by atoms with Gasteiger partial charge in [0, 0.05) is 18.2 Å². The van der Waals surface area contributed by atoms with Gasteiger partial charge >= 0.3 is 0 Å². The molecule has 1 atom stereocenters. The maximum absolute atomic E-state index is 7.35. The van der Waals surface area contributed by atoms with Crippen molar-refractivity contribution >= 4 is 5.84 Å². The van der Waals surface area contributed by atoms with E-state index >= 15 is 0 Å². The summed E-state index contributed by atoms with van der Waals surface area (Å²) >= 11 is 0.